The van der Waals surface area contributed by atoms with Crippen LogP contribution in [0.15, 0.2) is 84.9 Å². The van der Waals surface area contributed by atoms with Crippen molar-refractivity contribution in [1.29, 1.82) is 0 Å². The van der Waals surface area contributed by atoms with Gasteiger partial charge in [-0.2, -0.15) is 0 Å². The maximum atomic E-state index is 2.59. The number of aryl methyl sites for hydroxylation is 1. The molecule has 0 aliphatic carbocycles. The summed E-state index contributed by atoms with van der Waals surface area (Å²) in [5.41, 5.74) is 7.99. The Balaban J connectivity index is 1.97. The lowest BCUT2D eigenvalue weighted by Gasteiger charge is -2.40. The first kappa shape index (κ1) is 17.6. The van der Waals surface area contributed by atoms with Crippen molar-refractivity contribution in [2.45, 2.75) is 39.3 Å². The molecule has 0 saturated carbocycles. The van der Waals surface area contributed by atoms with Crippen molar-refractivity contribution in [2.75, 3.05) is 4.90 Å². The van der Waals surface area contributed by atoms with E-state index in [9.17, 15) is 0 Å². The number of anilines is 1. The van der Waals surface area contributed by atoms with E-state index in [2.05, 4.69) is 118 Å². The summed E-state index contributed by atoms with van der Waals surface area (Å²) in [4.78, 5) is 2.59. The van der Waals surface area contributed by atoms with E-state index in [0.29, 0.717) is 6.04 Å². The van der Waals surface area contributed by atoms with E-state index in [1.165, 1.54) is 33.5 Å². The highest BCUT2D eigenvalue weighted by Gasteiger charge is 2.45. The van der Waals surface area contributed by atoms with E-state index in [0.717, 1.165) is 0 Å². The first-order valence-corrected chi connectivity index (χ1v) is 9.72. The second-order valence-corrected chi connectivity index (χ2v) is 7.91. The van der Waals surface area contributed by atoms with Crippen molar-refractivity contribution < 1.29 is 0 Å². The van der Waals surface area contributed by atoms with E-state index in [4.69, 9.17) is 0 Å². The molecule has 0 spiro atoms. The first-order valence-electron chi connectivity index (χ1n) is 9.72. The van der Waals surface area contributed by atoms with Gasteiger partial charge in [-0.1, -0.05) is 78.9 Å². The standard InChI is InChI=1S/C26H27N/c1-19-13-11-12-18-23(19)27-20(2)24(21-14-7-5-8-15-21)25(26(27,3)4)22-16-9-6-10-17-22/h5-18,20H,1-4H3/t20-/m0/s1. The average molecular weight is 354 g/mol. The van der Waals surface area contributed by atoms with Crippen LogP contribution < -0.4 is 4.90 Å². The van der Waals surface area contributed by atoms with E-state index >= 15 is 0 Å². The Morgan fingerprint density at radius 3 is 1.81 bits per heavy atom. The first-order chi connectivity index (χ1) is 13.0. The van der Waals surface area contributed by atoms with Gasteiger partial charge in [0.2, 0.25) is 0 Å². The van der Waals surface area contributed by atoms with Crippen LogP contribution in [0, 0.1) is 6.92 Å². The molecule has 0 aromatic heterocycles. The fourth-order valence-electron chi connectivity index (χ4n) is 4.73. The normalized spacial score (nSPS) is 18.8. The summed E-state index contributed by atoms with van der Waals surface area (Å²) in [6, 6.07) is 30.7. The van der Waals surface area contributed by atoms with E-state index < -0.39 is 0 Å². The Morgan fingerprint density at radius 2 is 1.22 bits per heavy atom. The number of benzene rings is 3. The third kappa shape index (κ3) is 2.88. The molecule has 1 aliphatic rings. The zero-order valence-corrected chi connectivity index (χ0v) is 16.6. The van der Waals surface area contributed by atoms with Gasteiger partial charge >= 0.3 is 0 Å². The summed E-state index contributed by atoms with van der Waals surface area (Å²) < 4.78 is 0. The van der Waals surface area contributed by atoms with Crippen molar-refractivity contribution in [3.05, 3.63) is 102 Å². The minimum absolute atomic E-state index is 0.113. The highest BCUT2D eigenvalue weighted by Crippen LogP contribution is 2.50. The van der Waals surface area contributed by atoms with Crippen molar-refractivity contribution in [2.24, 2.45) is 0 Å². The van der Waals surface area contributed by atoms with Gasteiger partial charge in [-0.3, -0.25) is 0 Å². The average Bonchev–Trinajstić information content (AvgIpc) is 2.89. The van der Waals surface area contributed by atoms with Gasteiger partial charge < -0.3 is 4.90 Å². The van der Waals surface area contributed by atoms with Crippen LogP contribution in [-0.2, 0) is 0 Å². The molecule has 4 rings (SSSR count). The fraction of sp³-hybridized carbons (Fsp3) is 0.231. The molecule has 136 valence electrons. The second-order valence-electron chi connectivity index (χ2n) is 7.91. The molecule has 1 heterocycles. The Kier molecular flexibility index (Phi) is 4.39. The van der Waals surface area contributed by atoms with Crippen molar-refractivity contribution in [3.8, 4) is 0 Å². The maximum Gasteiger partial charge on any atom is 0.0613 e. The minimum atomic E-state index is -0.113. The molecule has 1 nitrogen and oxygen atoms in total. The van der Waals surface area contributed by atoms with Crippen molar-refractivity contribution in [1.82, 2.24) is 0 Å². The lowest BCUT2D eigenvalue weighted by molar-refractivity contribution is 0.580. The van der Waals surface area contributed by atoms with Crippen LogP contribution in [0.1, 0.15) is 37.5 Å². The number of hydrogen-bond donors (Lipinski definition) is 0. The Morgan fingerprint density at radius 1 is 0.704 bits per heavy atom. The highest BCUT2D eigenvalue weighted by atomic mass is 15.2. The molecule has 0 fully saturated rings. The monoisotopic (exact) mass is 353 g/mol. The lowest BCUT2D eigenvalue weighted by Crippen LogP contribution is -2.45. The van der Waals surface area contributed by atoms with Crippen LogP contribution in [0.5, 0.6) is 0 Å². The summed E-state index contributed by atoms with van der Waals surface area (Å²) in [6.45, 7) is 9.26. The molecule has 0 saturated heterocycles. The third-order valence-corrected chi connectivity index (χ3v) is 5.81. The lowest BCUT2D eigenvalue weighted by atomic mass is 9.85. The van der Waals surface area contributed by atoms with Gasteiger partial charge in [0.15, 0.2) is 0 Å². The van der Waals surface area contributed by atoms with Crippen molar-refractivity contribution >= 4 is 16.8 Å². The van der Waals surface area contributed by atoms with E-state index in [1.807, 2.05) is 0 Å². The predicted molar refractivity (Wildman–Crippen MR) is 117 cm³/mol. The number of nitrogens with zero attached hydrogens (tertiary/aromatic N) is 1. The molecule has 1 heteroatoms. The minimum Gasteiger partial charge on any atom is -0.355 e. The molecule has 1 aliphatic heterocycles. The van der Waals surface area contributed by atoms with Crippen LogP contribution in [0.4, 0.5) is 5.69 Å². The third-order valence-electron chi connectivity index (χ3n) is 5.81. The fourth-order valence-corrected chi connectivity index (χ4v) is 4.73. The zero-order chi connectivity index (χ0) is 19.0. The molecule has 1 atom stereocenters. The van der Waals surface area contributed by atoms with E-state index in [-0.39, 0.29) is 5.54 Å². The molecule has 3 aromatic rings. The van der Waals surface area contributed by atoms with Gasteiger partial charge in [-0.05, 0) is 61.6 Å². The summed E-state index contributed by atoms with van der Waals surface area (Å²) >= 11 is 0. The van der Waals surface area contributed by atoms with Gasteiger partial charge in [-0.15, -0.1) is 0 Å². The predicted octanol–water partition coefficient (Wildman–Crippen LogP) is 6.59. The second kappa shape index (κ2) is 6.74. The van der Waals surface area contributed by atoms with Gasteiger partial charge in [0.25, 0.3) is 0 Å². The molecule has 0 radical (unpaired) electrons. The quantitative estimate of drug-likeness (QED) is 0.513. The largest absolute Gasteiger partial charge is 0.355 e. The van der Waals surface area contributed by atoms with Crippen LogP contribution in [0.2, 0.25) is 0 Å². The number of rotatable bonds is 3. The Bertz CT molecular complexity index is 967. The summed E-state index contributed by atoms with van der Waals surface area (Å²) in [5, 5.41) is 0. The number of hydrogen-bond acceptors (Lipinski definition) is 1. The smallest absolute Gasteiger partial charge is 0.0613 e. The zero-order valence-electron chi connectivity index (χ0n) is 16.6. The topological polar surface area (TPSA) is 3.24 Å². The van der Waals surface area contributed by atoms with Gasteiger partial charge in [0.1, 0.15) is 0 Å². The van der Waals surface area contributed by atoms with Crippen molar-refractivity contribution in [3.63, 3.8) is 0 Å². The molecule has 0 N–H and O–H groups in total. The number of para-hydroxylation sites is 1. The Labute approximate surface area is 163 Å². The van der Waals surface area contributed by atoms with Crippen LogP contribution in [0.25, 0.3) is 11.1 Å². The van der Waals surface area contributed by atoms with Gasteiger partial charge in [0, 0.05) is 5.69 Å². The summed E-state index contributed by atoms with van der Waals surface area (Å²) in [5.74, 6) is 0. The molecule has 27 heavy (non-hydrogen) atoms. The molecule has 3 aromatic carbocycles. The Hall–Kier alpha value is -2.80. The summed E-state index contributed by atoms with van der Waals surface area (Å²) in [7, 11) is 0. The molecule has 0 amide bonds. The molecular weight excluding hydrogens is 326 g/mol. The highest BCUT2D eigenvalue weighted by molar-refractivity contribution is 6.03. The molecular formula is C26H27N. The van der Waals surface area contributed by atoms with Crippen LogP contribution in [-0.4, -0.2) is 11.6 Å². The summed E-state index contributed by atoms with van der Waals surface area (Å²) in [6.07, 6.45) is 0. The van der Waals surface area contributed by atoms with Crippen LogP contribution >= 0.6 is 0 Å². The molecule has 0 bridgehead atoms. The maximum absolute atomic E-state index is 2.59. The van der Waals surface area contributed by atoms with Gasteiger partial charge in [-0.25, -0.2) is 0 Å². The SMILES string of the molecule is Cc1ccccc1N1[C@@H](C)C(c2ccccc2)=C(c2ccccc2)C1(C)C. The van der Waals surface area contributed by atoms with Gasteiger partial charge in [0.05, 0.1) is 11.6 Å². The van der Waals surface area contributed by atoms with Crippen LogP contribution in [0.3, 0.4) is 0 Å². The van der Waals surface area contributed by atoms with E-state index in [1.54, 1.807) is 0 Å². The molecule has 0 unspecified atom stereocenters.